The number of aliphatic hydroxyl groups is 4. The van der Waals surface area contributed by atoms with Crippen LogP contribution < -0.4 is 21.2 Å². The van der Waals surface area contributed by atoms with Gasteiger partial charge in [0.1, 0.15) is 0 Å². The predicted octanol–water partition coefficient (Wildman–Crippen LogP) is 8.26. The van der Waals surface area contributed by atoms with E-state index in [1.807, 2.05) is 0 Å². The number of carboxylic acid groups (broad SMARTS) is 1. The Labute approximate surface area is 426 Å². The number of aliphatic hydroxyl groups excluding tert-OH is 2. The first-order valence-electron chi connectivity index (χ1n) is 18.2. The van der Waals surface area contributed by atoms with E-state index in [0.29, 0.717) is 0 Å². The molecule has 4 aromatic carbocycles. The van der Waals surface area contributed by atoms with Crippen molar-refractivity contribution in [1.29, 1.82) is 0 Å². The van der Waals surface area contributed by atoms with Crippen molar-refractivity contribution < 1.29 is 156 Å². The Bertz CT molecular complexity index is 2120. The number of aliphatic carboxylic acids is 1. The smallest absolute Gasteiger partial charge is 0.465 e. The molecule has 2 aliphatic carbocycles. The molecule has 6 nitrogen and oxygen atoms in total. The topological polar surface area (TPSA) is 118 Å². The van der Waals surface area contributed by atoms with Gasteiger partial charge in [0.05, 0.1) is 0 Å². The van der Waals surface area contributed by atoms with E-state index in [4.69, 9.17) is 25.5 Å². The van der Waals surface area contributed by atoms with Crippen LogP contribution in [0.4, 0.5) is 65.9 Å². The number of hydrogen-bond acceptors (Lipinski definition) is 5. The van der Waals surface area contributed by atoms with Crippen LogP contribution in [-0.2, 0) is 64.7 Å². The fourth-order valence-electron chi connectivity index (χ4n) is 4.91. The minimum Gasteiger partial charge on any atom is -0.694 e. The van der Waals surface area contributed by atoms with E-state index in [9.17, 15) is 70.7 Å². The van der Waals surface area contributed by atoms with Gasteiger partial charge in [-0.3, -0.25) is 0 Å². The van der Waals surface area contributed by atoms with Crippen molar-refractivity contribution in [2.45, 2.75) is 48.9 Å². The molecule has 69 heavy (non-hydrogen) atoms. The van der Waals surface area contributed by atoms with Crippen LogP contribution in [0.15, 0.2) is 146 Å². The molecule has 0 aliphatic heterocycles. The van der Waals surface area contributed by atoms with Gasteiger partial charge >= 0.3 is 42.3 Å². The summed E-state index contributed by atoms with van der Waals surface area (Å²) >= 11 is 0. The van der Waals surface area contributed by atoms with Crippen molar-refractivity contribution in [3.05, 3.63) is 171 Å². The van der Waals surface area contributed by atoms with Crippen LogP contribution in [0.2, 0.25) is 0 Å². The van der Waals surface area contributed by atoms with E-state index in [0.717, 1.165) is 0 Å². The Morgan fingerprint density at radius 3 is 0.913 bits per heavy atom. The van der Waals surface area contributed by atoms with Crippen molar-refractivity contribution >= 4 is 52.9 Å². The number of benzene rings is 4. The average Bonchev–Trinajstić information content (AvgIpc) is 3.99. The van der Waals surface area contributed by atoms with Crippen molar-refractivity contribution in [1.82, 2.24) is 0 Å². The molecule has 0 atom stereocenters. The number of alkyl halides is 15. The first kappa shape index (κ1) is 68.2. The normalized spacial score (nSPS) is 13.6. The van der Waals surface area contributed by atoms with Crippen LogP contribution in [-0.4, -0.2) is 91.0 Å². The summed E-state index contributed by atoms with van der Waals surface area (Å²) in [6.45, 7) is 0. The molecule has 26 heteroatoms. The molecule has 0 aromatic heterocycles. The Balaban J connectivity index is 0. The third-order valence-electron chi connectivity index (χ3n) is 8.18. The second kappa shape index (κ2) is 30.2. The zero-order valence-electron chi connectivity index (χ0n) is 34.1. The molecule has 0 bridgehead atoms. The fraction of sp³-hybridized carbons (Fsp3) is 0.186. The Morgan fingerprint density at radius 1 is 0.464 bits per heavy atom. The van der Waals surface area contributed by atoms with E-state index in [1.165, 1.54) is 31.8 Å². The molecule has 0 amide bonds. The van der Waals surface area contributed by atoms with E-state index in [2.05, 4.69) is 171 Å². The van der Waals surface area contributed by atoms with Gasteiger partial charge in [-0.1, -0.05) is 153 Å². The van der Waals surface area contributed by atoms with Gasteiger partial charge in [-0.2, -0.15) is 65.9 Å². The maximum absolute atomic E-state index is 11.4. The van der Waals surface area contributed by atoms with Gasteiger partial charge in [-0.15, -0.1) is 7.55 Å². The zero-order valence-corrected chi connectivity index (χ0v) is 40.2. The molecule has 6 rings (SSSR count). The van der Waals surface area contributed by atoms with Gasteiger partial charge in [0.25, 0.3) is 0 Å². The Morgan fingerprint density at radius 2 is 0.725 bits per heavy atom. The molecule has 1 saturated carbocycles. The fourth-order valence-corrected chi connectivity index (χ4v) is 10.1. The molecular weight excluding hydrogens is 1230 g/mol. The van der Waals surface area contributed by atoms with Crippen molar-refractivity contribution in [2.75, 3.05) is 0 Å². The summed E-state index contributed by atoms with van der Waals surface area (Å²) in [6.07, 6.45) is -7.75. The third kappa shape index (κ3) is 20.7. The monoisotopic (exact) mass is 1260 g/mol. The zero-order chi connectivity index (χ0) is 50.1. The quantitative estimate of drug-likeness (QED) is 0.0419. The predicted molar refractivity (Wildman–Crippen MR) is 224 cm³/mol. The minimum atomic E-state index is -6.02. The summed E-state index contributed by atoms with van der Waals surface area (Å²) < 4.78 is 167. The molecule has 0 saturated heterocycles. The minimum absolute atomic E-state index is 0. The van der Waals surface area contributed by atoms with Crippen LogP contribution >= 0.6 is 15.1 Å². The molecule has 4 aromatic rings. The third-order valence-corrected chi connectivity index (χ3v) is 13.6. The van der Waals surface area contributed by atoms with E-state index >= 15 is 0 Å². The number of allylic oxidation sites excluding steroid dienone is 4. The second-order valence-electron chi connectivity index (χ2n) is 12.9. The largest absolute Gasteiger partial charge is 0.694 e. The number of halogens is 15. The molecule has 0 heterocycles. The van der Waals surface area contributed by atoms with Crippen LogP contribution in [0.1, 0.15) is 0 Å². The summed E-state index contributed by atoms with van der Waals surface area (Å²) in [5, 5.41) is 46.0. The molecule has 1 radical (unpaired) electrons. The average molecular weight is 1270 g/mol. The van der Waals surface area contributed by atoms with E-state index in [1.54, 1.807) is 0 Å². The van der Waals surface area contributed by atoms with Crippen LogP contribution in [0.5, 0.6) is 0 Å². The molecule has 0 unspecified atom stereocenters. The Hall–Kier alpha value is -2.86. The van der Waals surface area contributed by atoms with Gasteiger partial charge in [0, 0.05) is 59.9 Å². The summed E-state index contributed by atoms with van der Waals surface area (Å²) in [5.41, 5.74) is 0. The number of rotatable bonds is 7. The maximum Gasteiger partial charge on any atom is 0.465 e. The summed E-state index contributed by atoms with van der Waals surface area (Å²) in [7, 11) is -1.67. The van der Waals surface area contributed by atoms with Crippen LogP contribution in [0, 0.1) is 25.7 Å². The molecule has 1 fully saturated rings. The number of carbonyl (C=O) groups is 1. The van der Waals surface area contributed by atoms with Gasteiger partial charge < -0.3 is 56.5 Å². The Kier molecular flexibility index (Phi) is 29.9. The van der Waals surface area contributed by atoms with E-state index in [-0.39, 0.29) is 59.9 Å². The standard InChI is InChI=1S/2C17H15P.2C3H3F5O2.C3HF5O2.Ag.Fe.Pd/c2*1-3-9-15(10-4-1)18(17-13-7-8-14-17)16-11-5-2-6-12-16;3*4-2(5,1(9)10)3(6,7)8;;;/h2*1-14,18H;2*1,9-10H;(H,9,10);;;/q;-4;;;;;;. The van der Waals surface area contributed by atoms with Gasteiger partial charge in [-0.25, -0.2) is 4.79 Å². The number of carboxylic acids is 1. The van der Waals surface area contributed by atoms with Crippen molar-refractivity contribution in [2.24, 2.45) is 0 Å². The molecule has 393 valence electrons. The first-order chi connectivity index (χ1) is 30.5. The molecule has 0 spiro atoms. The first-order valence-corrected chi connectivity index (χ1v) is 21.2. The van der Waals surface area contributed by atoms with Crippen molar-refractivity contribution in [3.8, 4) is 0 Å². The second-order valence-corrected chi connectivity index (χ2v) is 17.9. The van der Waals surface area contributed by atoms with Gasteiger partial charge in [0.2, 0.25) is 12.6 Å². The summed E-state index contributed by atoms with van der Waals surface area (Å²) in [6, 6.07) is 43.3. The van der Waals surface area contributed by atoms with Gasteiger partial charge in [-0.05, 0) is 26.5 Å². The molecule has 5 N–H and O–H groups in total. The van der Waals surface area contributed by atoms with E-state index < -0.39 is 69.9 Å². The van der Waals surface area contributed by atoms with Crippen LogP contribution in [0.25, 0.3) is 0 Å². The molecule has 2 aliphatic rings. The maximum atomic E-state index is 11.4. The van der Waals surface area contributed by atoms with Crippen molar-refractivity contribution in [3.63, 3.8) is 0 Å². The van der Waals surface area contributed by atoms with Crippen LogP contribution in [0.3, 0.4) is 0 Å². The molecular formula is C43H37AgF15FeO6P2Pd-4. The summed E-state index contributed by atoms with van der Waals surface area (Å²) in [4.78, 5) is 9.20. The SMILES string of the molecule is C1=CC(=[PH](c2ccccc2)c2ccccc2)C=C1.O=C(O)C(F)(F)C(F)(F)F.OC(O)C(F)(F)C(F)(F)F.OC(O)C(F)(F)C(F)(F)F.[Ag].[Fe].[Pd].c1ccc([PH](=C2[CH-][CH-][CH-][CH-]2)c2ccccc2)cc1. The summed E-state index contributed by atoms with van der Waals surface area (Å²) in [5.74, 6) is -19.7. The number of hydrogen-bond donors (Lipinski definition) is 5. The van der Waals surface area contributed by atoms with Gasteiger partial charge in [0.15, 0.2) is 0 Å².